The van der Waals surface area contributed by atoms with Crippen LogP contribution in [0.2, 0.25) is 0 Å². The molecule has 0 fully saturated rings. The zero-order valence-corrected chi connectivity index (χ0v) is 12.4. The molecule has 96 valence electrons. The van der Waals surface area contributed by atoms with Crippen molar-refractivity contribution in [2.75, 3.05) is 20.2 Å². The lowest BCUT2D eigenvalue weighted by molar-refractivity contribution is -0.130. The number of nitriles is 1. The number of benzene rings is 1. The lowest BCUT2D eigenvalue weighted by atomic mass is 10.3. The highest BCUT2D eigenvalue weighted by Gasteiger charge is 2.08. The third kappa shape index (κ3) is 5.36. The number of halogens is 1. The summed E-state index contributed by atoms with van der Waals surface area (Å²) >= 11 is 2.22. The van der Waals surface area contributed by atoms with Crippen LogP contribution in [0.4, 0.5) is 0 Å². The molecule has 18 heavy (non-hydrogen) atoms. The monoisotopic (exact) mass is 358 g/mol. The molecule has 0 unspecified atom stereocenters. The first-order valence-electron chi connectivity index (χ1n) is 5.63. The second-order valence-corrected chi connectivity index (χ2v) is 5.02. The maximum absolute atomic E-state index is 11.6. The largest absolute Gasteiger partial charge is 0.493 e. The number of carbonyl (C=O) groups is 1. The molecule has 0 saturated heterocycles. The number of hydrogen-bond donors (Lipinski definition) is 0. The fourth-order valence-corrected chi connectivity index (χ4v) is 1.68. The average molecular weight is 358 g/mol. The maximum atomic E-state index is 11.6. The third-order valence-corrected chi connectivity index (χ3v) is 3.10. The molecule has 0 aliphatic carbocycles. The van der Waals surface area contributed by atoms with Crippen molar-refractivity contribution < 1.29 is 9.53 Å². The Morgan fingerprint density at radius 3 is 2.72 bits per heavy atom. The molecule has 0 radical (unpaired) electrons. The predicted octanol–water partition coefficient (Wildman–Crippen LogP) is 2.43. The highest BCUT2D eigenvalue weighted by Crippen LogP contribution is 2.13. The van der Waals surface area contributed by atoms with E-state index in [9.17, 15) is 4.79 Å². The molecule has 1 aromatic rings. The summed E-state index contributed by atoms with van der Waals surface area (Å²) in [4.78, 5) is 13.2. The standard InChI is InChI=1S/C13H15IN2O2/c1-16(9-2-8-15)13(17)7-10-18-12-5-3-11(14)4-6-12/h3-6H,2,7,9-10H2,1H3. The van der Waals surface area contributed by atoms with Gasteiger partial charge in [-0.25, -0.2) is 0 Å². The van der Waals surface area contributed by atoms with Gasteiger partial charge in [0, 0.05) is 17.2 Å². The van der Waals surface area contributed by atoms with Crippen molar-refractivity contribution in [3.8, 4) is 11.8 Å². The number of hydrogen-bond acceptors (Lipinski definition) is 3. The predicted molar refractivity (Wildman–Crippen MR) is 77.1 cm³/mol. The van der Waals surface area contributed by atoms with Gasteiger partial charge in [-0.3, -0.25) is 4.79 Å². The van der Waals surface area contributed by atoms with E-state index in [0.29, 0.717) is 26.0 Å². The van der Waals surface area contributed by atoms with Crippen molar-refractivity contribution in [3.05, 3.63) is 27.8 Å². The fourth-order valence-electron chi connectivity index (χ4n) is 1.32. The van der Waals surface area contributed by atoms with Crippen LogP contribution in [-0.4, -0.2) is 31.0 Å². The molecule has 0 N–H and O–H groups in total. The van der Waals surface area contributed by atoms with Crippen LogP contribution in [-0.2, 0) is 4.79 Å². The fraction of sp³-hybridized carbons (Fsp3) is 0.385. The molecule has 1 amide bonds. The Labute approximate surface area is 121 Å². The molecule has 0 aromatic heterocycles. The summed E-state index contributed by atoms with van der Waals surface area (Å²) in [6.45, 7) is 0.829. The molecule has 0 spiro atoms. The van der Waals surface area contributed by atoms with Gasteiger partial charge in [-0.05, 0) is 46.9 Å². The summed E-state index contributed by atoms with van der Waals surface area (Å²) in [5.41, 5.74) is 0. The van der Waals surface area contributed by atoms with Crippen LogP contribution < -0.4 is 4.74 Å². The quantitative estimate of drug-likeness (QED) is 0.734. The molecule has 0 aliphatic heterocycles. The zero-order valence-electron chi connectivity index (χ0n) is 10.2. The van der Waals surface area contributed by atoms with Crippen LogP contribution >= 0.6 is 22.6 Å². The minimum atomic E-state index is -0.00392. The number of carbonyl (C=O) groups excluding carboxylic acids is 1. The molecule has 0 heterocycles. The molecule has 1 rings (SSSR count). The highest BCUT2D eigenvalue weighted by molar-refractivity contribution is 14.1. The molecule has 5 heteroatoms. The van der Waals surface area contributed by atoms with Crippen molar-refractivity contribution in [1.82, 2.24) is 4.90 Å². The van der Waals surface area contributed by atoms with E-state index < -0.39 is 0 Å². The number of ether oxygens (including phenoxy) is 1. The van der Waals surface area contributed by atoms with Crippen LogP contribution in [0, 0.1) is 14.9 Å². The number of nitrogens with zero attached hydrogens (tertiary/aromatic N) is 2. The van der Waals surface area contributed by atoms with Gasteiger partial charge in [-0.15, -0.1) is 0 Å². The highest BCUT2D eigenvalue weighted by atomic mass is 127. The second kappa shape index (κ2) is 7.93. The first-order valence-corrected chi connectivity index (χ1v) is 6.70. The Balaban J connectivity index is 2.27. The van der Waals surface area contributed by atoms with Crippen molar-refractivity contribution in [3.63, 3.8) is 0 Å². The average Bonchev–Trinajstić information content (AvgIpc) is 2.38. The summed E-state index contributed by atoms with van der Waals surface area (Å²) in [6, 6.07) is 9.69. The van der Waals surface area contributed by atoms with Gasteiger partial charge in [0.2, 0.25) is 5.91 Å². The molecule has 0 atom stereocenters. The van der Waals surface area contributed by atoms with E-state index in [1.54, 1.807) is 11.9 Å². The first kappa shape index (κ1) is 14.8. The van der Waals surface area contributed by atoms with Crippen molar-refractivity contribution in [2.45, 2.75) is 12.8 Å². The minimum Gasteiger partial charge on any atom is -0.493 e. The van der Waals surface area contributed by atoms with Gasteiger partial charge in [-0.2, -0.15) is 5.26 Å². The second-order valence-electron chi connectivity index (χ2n) is 3.78. The van der Waals surface area contributed by atoms with Crippen LogP contribution in [0.3, 0.4) is 0 Å². The van der Waals surface area contributed by atoms with E-state index in [-0.39, 0.29) is 5.91 Å². The van der Waals surface area contributed by atoms with Gasteiger partial charge in [-0.1, -0.05) is 0 Å². The minimum absolute atomic E-state index is 0.00392. The molecule has 0 saturated carbocycles. The van der Waals surface area contributed by atoms with E-state index in [4.69, 9.17) is 10.00 Å². The summed E-state index contributed by atoms with van der Waals surface area (Å²) < 4.78 is 6.62. The smallest absolute Gasteiger partial charge is 0.225 e. The Morgan fingerprint density at radius 2 is 2.11 bits per heavy atom. The third-order valence-electron chi connectivity index (χ3n) is 2.38. The van der Waals surface area contributed by atoms with Crippen LogP contribution in [0.5, 0.6) is 5.75 Å². The molecule has 1 aromatic carbocycles. The summed E-state index contributed by atoms with van der Waals surface area (Å²) in [7, 11) is 1.70. The molecule has 4 nitrogen and oxygen atoms in total. The summed E-state index contributed by atoms with van der Waals surface area (Å²) in [6.07, 6.45) is 0.689. The lowest BCUT2D eigenvalue weighted by Crippen LogP contribution is -2.28. The molecular weight excluding hydrogens is 343 g/mol. The van der Waals surface area contributed by atoms with E-state index in [2.05, 4.69) is 22.6 Å². The number of rotatable bonds is 6. The van der Waals surface area contributed by atoms with E-state index in [0.717, 1.165) is 9.32 Å². The van der Waals surface area contributed by atoms with Gasteiger partial charge in [0.05, 0.1) is 25.5 Å². The summed E-state index contributed by atoms with van der Waals surface area (Å²) in [5.74, 6) is 0.763. The zero-order chi connectivity index (χ0) is 13.4. The van der Waals surface area contributed by atoms with Crippen molar-refractivity contribution in [1.29, 1.82) is 5.26 Å². The lowest BCUT2D eigenvalue weighted by Gasteiger charge is -2.15. The molecule has 0 bridgehead atoms. The SMILES string of the molecule is CN(CCC#N)C(=O)CCOc1ccc(I)cc1. The van der Waals surface area contributed by atoms with Gasteiger partial charge >= 0.3 is 0 Å². The normalized spacial score (nSPS) is 9.61. The van der Waals surface area contributed by atoms with E-state index >= 15 is 0 Å². The van der Waals surface area contributed by atoms with E-state index in [1.807, 2.05) is 30.3 Å². The number of amides is 1. The Hall–Kier alpha value is -1.29. The molecular formula is C13H15IN2O2. The van der Waals surface area contributed by atoms with E-state index in [1.165, 1.54) is 0 Å². The topological polar surface area (TPSA) is 53.3 Å². The Kier molecular flexibility index (Phi) is 6.50. The van der Waals surface area contributed by atoms with Crippen LogP contribution in [0.1, 0.15) is 12.8 Å². The Bertz CT molecular complexity index is 426. The van der Waals surface area contributed by atoms with Crippen molar-refractivity contribution >= 4 is 28.5 Å². The van der Waals surface area contributed by atoms with Gasteiger partial charge in [0.1, 0.15) is 5.75 Å². The van der Waals surface area contributed by atoms with Crippen molar-refractivity contribution in [2.24, 2.45) is 0 Å². The van der Waals surface area contributed by atoms with Crippen LogP contribution in [0.15, 0.2) is 24.3 Å². The maximum Gasteiger partial charge on any atom is 0.225 e. The van der Waals surface area contributed by atoms with Gasteiger partial charge < -0.3 is 9.64 Å². The summed E-state index contributed by atoms with van der Waals surface area (Å²) in [5, 5.41) is 8.43. The Morgan fingerprint density at radius 1 is 1.44 bits per heavy atom. The van der Waals surface area contributed by atoms with Crippen LogP contribution in [0.25, 0.3) is 0 Å². The van der Waals surface area contributed by atoms with Gasteiger partial charge in [0.25, 0.3) is 0 Å². The van der Waals surface area contributed by atoms with Gasteiger partial charge in [0.15, 0.2) is 0 Å². The molecule has 0 aliphatic rings. The first-order chi connectivity index (χ1) is 8.63.